The quantitative estimate of drug-likeness (QED) is 0.599. The van der Waals surface area contributed by atoms with Crippen LogP contribution in [0.15, 0.2) is 5.38 Å². The molecule has 1 nitrogen and oxygen atoms in total. The average molecular weight is 175 g/mol. The largest absolute Gasteiger partial charge is 0.294 e. The van der Waals surface area contributed by atoms with E-state index in [1.807, 2.05) is 6.92 Å². The molecule has 1 aromatic heterocycles. The molecule has 0 atom stereocenters. The van der Waals surface area contributed by atoms with Gasteiger partial charge in [-0.2, -0.15) is 0 Å². The highest BCUT2D eigenvalue weighted by Gasteiger charge is 2.07. The molecule has 0 amide bonds. The summed E-state index contributed by atoms with van der Waals surface area (Å²) in [4.78, 5) is 10.8. The molecule has 0 aliphatic rings. The highest BCUT2D eigenvalue weighted by molar-refractivity contribution is 7.14. The number of Topliss-reactive ketones (excluding diaryl/α,β-unsaturated/α-hetero) is 1. The van der Waals surface area contributed by atoms with E-state index in [2.05, 4.69) is 0 Å². The second-order valence-corrected chi connectivity index (χ2v) is 3.59. The van der Waals surface area contributed by atoms with Crippen molar-refractivity contribution in [2.75, 3.05) is 0 Å². The van der Waals surface area contributed by atoms with Crippen LogP contribution in [0.4, 0.5) is 0 Å². The first-order chi connectivity index (χ1) is 4.63. The molecular formula is C7H7ClOS. The van der Waals surface area contributed by atoms with E-state index in [9.17, 15) is 4.79 Å². The van der Waals surface area contributed by atoms with Crippen molar-refractivity contribution in [3.05, 3.63) is 20.8 Å². The summed E-state index contributed by atoms with van der Waals surface area (Å²) >= 11 is 7.14. The van der Waals surface area contributed by atoms with E-state index in [4.69, 9.17) is 11.6 Å². The van der Waals surface area contributed by atoms with Crippen molar-refractivity contribution < 1.29 is 4.79 Å². The Kier molecular flexibility index (Phi) is 2.11. The number of hydrogen-bond acceptors (Lipinski definition) is 2. The SMILES string of the molecule is CC(=O)c1csc(Cl)c1C. The number of carbonyl (C=O) groups excluding carboxylic acids is 1. The summed E-state index contributed by atoms with van der Waals surface area (Å²) in [5.74, 6) is 0.0839. The number of rotatable bonds is 1. The standard InChI is InChI=1S/C7H7ClOS/c1-4-6(5(2)9)3-10-7(4)8/h3H,1-2H3. The Morgan fingerprint density at radius 2 is 2.30 bits per heavy atom. The van der Waals surface area contributed by atoms with E-state index < -0.39 is 0 Å². The van der Waals surface area contributed by atoms with Gasteiger partial charge in [0.2, 0.25) is 0 Å². The van der Waals surface area contributed by atoms with Crippen molar-refractivity contribution >= 4 is 28.7 Å². The second-order valence-electron chi connectivity index (χ2n) is 2.10. The smallest absolute Gasteiger partial charge is 0.160 e. The third kappa shape index (κ3) is 1.22. The van der Waals surface area contributed by atoms with Crippen LogP contribution in [0.3, 0.4) is 0 Å². The van der Waals surface area contributed by atoms with E-state index in [0.29, 0.717) is 4.34 Å². The van der Waals surface area contributed by atoms with Crippen LogP contribution in [0.25, 0.3) is 0 Å². The fraction of sp³-hybridized carbons (Fsp3) is 0.286. The minimum absolute atomic E-state index is 0.0839. The molecule has 0 fully saturated rings. The molecule has 0 aliphatic carbocycles. The van der Waals surface area contributed by atoms with Gasteiger partial charge in [0.25, 0.3) is 0 Å². The molecule has 0 N–H and O–H groups in total. The Morgan fingerprint density at radius 1 is 1.70 bits per heavy atom. The van der Waals surface area contributed by atoms with Crippen LogP contribution >= 0.6 is 22.9 Å². The number of ketones is 1. The van der Waals surface area contributed by atoms with Crippen molar-refractivity contribution in [1.29, 1.82) is 0 Å². The maximum Gasteiger partial charge on any atom is 0.160 e. The highest BCUT2D eigenvalue weighted by atomic mass is 35.5. The third-order valence-electron chi connectivity index (χ3n) is 1.36. The van der Waals surface area contributed by atoms with E-state index in [1.54, 1.807) is 12.3 Å². The Balaban J connectivity index is 3.17. The van der Waals surface area contributed by atoms with E-state index in [-0.39, 0.29) is 5.78 Å². The molecule has 0 spiro atoms. The van der Waals surface area contributed by atoms with Gasteiger partial charge in [-0.3, -0.25) is 4.79 Å². The van der Waals surface area contributed by atoms with Gasteiger partial charge < -0.3 is 0 Å². The summed E-state index contributed by atoms with van der Waals surface area (Å²) in [6.07, 6.45) is 0. The zero-order chi connectivity index (χ0) is 7.72. The van der Waals surface area contributed by atoms with E-state index in [0.717, 1.165) is 11.1 Å². The van der Waals surface area contributed by atoms with Crippen LogP contribution in [-0.4, -0.2) is 5.78 Å². The van der Waals surface area contributed by atoms with E-state index in [1.165, 1.54) is 11.3 Å². The lowest BCUT2D eigenvalue weighted by molar-refractivity contribution is 0.101. The van der Waals surface area contributed by atoms with Crippen LogP contribution < -0.4 is 0 Å². The first-order valence-corrected chi connectivity index (χ1v) is 4.13. The first-order valence-electron chi connectivity index (χ1n) is 2.87. The summed E-state index contributed by atoms with van der Waals surface area (Å²) in [7, 11) is 0. The average Bonchev–Trinajstić information content (AvgIpc) is 2.14. The van der Waals surface area contributed by atoms with E-state index >= 15 is 0 Å². The Bertz CT molecular complexity index is 265. The molecule has 0 aliphatic heterocycles. The zero-order valence-corrected chi connectivity index (χ0v) is 7.34. The number of carbonyl (C=O) groups is 1. The molecular weight excluding hydrogens is 168 g/mol. The maximum absolute atomic E-state index is 10.8. The summed E-state index contributed by atoms with van der Waals surface area (Å²) in [6, 6.07) is 0. The Hall–Kier alpha value is -0.340. The molecule has 0 aromatic carbocycles. The van der Waals surface area contributed by atoms with Crippen LogP contribution in [0.1, 0.15) is 22.8 Å². The fourth-order valence-corrected chi connectivity index (χ4v) is 1.83. The molecule has 1 aromatic rings. The van der Waals surface area contributed by atoms with Crippen LogP contribution in [-0.2, 0) is 0 Å². The van der Waals surface area contributed by atoms with Gasteiger partial charge >= 0.3 is 0 Å². The van der Waals surface area contributed by atoms with Crippen molar-refractivity contribution in [3.8, 4) is 0 Å². The lowest BCUT2D eigenvalue weighted by atomic mass is 10.2. The molecule has 1 rings (SSSR count). The Morgan fingerprint density at radius 3 is 2.50 bits per heavy atom. The van der Waals surface area contributed by atoms with Gasteiger partial charge in [-0.25, -0.2) is 0 Å². The number of halogens is 1. The molecule has 0 bridgehead atoms. The van der Waals surface area contributed by atoms with Gasteiger partial charge in [0.1, 0.15) is 0 Å². The van der Waals surface area contributed by atoms with Gasteiger partial charge in [0.05, 0.1) is 4.34 Å². The van der Waals surface area contributed by atoms with Gasteiger partial charge in [-0.15, -0.1) is 11.3 Å². The molecule has 10 heavy (non-hydrogen) atoms. The molecule has 0 saturated heterocycles. The van der Waals surface area contributed by atoms with Crippen LogP contribution in [0.5, 0.6) is 0 Å². The second kappa shape index (κ2) is 2.72. The minimum atomic E-state index is 0.0839. The minimum Gasteiger partial charge on any atom is -0.294 e. The fourth-order valence-electron chi connectivity index (χ4n) is 0.740. The number of thiophene rings is 1. The number of hydrogen-bond donors (Lipinski definition) is 0. The summed E-state index contributed by atoms with van der Waals surface area (Å²) < 4.78 is 0.713. The predicted molar refractivity (Wildman–Crippen MR) is 44.1 cm³/mol. The van der Waals surface area contributed by atoms with Gasteiger partial charge in [-0.1, -0.05) is 11.6 Å². The van der Waals surface area contributed by atoms with Gasteiger partial charge in [-0.05, 0) is 19.4 Å². The highest BCUT2D eigenvalue weighted by Crippen LogP contribution is 2.26. The lowest BCUT2D eigenvalue weighted by Gasteiger charge is -1.90. The van der Waals surface area contributed by atoms with Gasteiger partial charge in [0, 0.05) is 10.9 Å². The molecule has 0 saturated carbocycles. The van der Waals surface area contributed by atoms with Crippen molar-refractivity contribution in [2.24, 2.45) is 0 Å². The monoisotopic (exact) mass is 174 g/mol. The molecule has 3 heteroatoms. The summed E-state index contributed by atoms with van der Waals surface area (Å²) in [5, 5.41) is 1.79. The van der Waals surface area contributed by atoms with Crippen molar-refractivity contribution in [2.45, 2.75) is 13.8 Å². The topological polar surface area (TPSA) is 17.1 Å². The zero-order valence-electron chi connectivity index (χ0n) is 5.77. The predicted octanol–water partition coefficient (Wildman–Crippen LogP) is 2.91. The molecule has 0 unspecified atom stereocenters. The summed E-state index contributed by atoms with van der Waals surface area (Å²) in [6.45, 7) is 3.40. The van der Waals surface area contributed by atoms with Crippen LogP contribution in [0.2, 0.25) is 4.34 Å². The Labute approximate surface area is 68.6 Å². The molecule has 1 heterocycles. The molecule has 54 valence electrons. The lowest BCUT2D eigenvalue weighted by Crippen LogP contribution is -1.90. The maximum atomic E-state index is 10.8. The van der Waals surface area contributed by atoms with Gasteiger partial charge in [0.15, 0.2) is 5.78 Å². The summed E-state index contributed by atoms with van der Waals surface area (Å²) in [5.41, 5.74) is 1.65. The van der Waals surface area contributed by atoms with Crippen molar-refractivity contribution in [3.63, 3.8) is 0 Å². The normalized spacial score (nSPS) is 9.90. The van der Waals surface area contributed by atoms with Crippen LogP contribution in [0, 0.1) is 6.92 Å². The first kappa shape index (κ1) is 7.76. The van der Waals surface area contributed by atoms with Crippen molar-refractivity contribution in [1.82, 2.24) is 0 Å². The third-order valence-corrected chi connectivity index (χ3v) is 2.78. The molecule has 0 radical (unpaired) electrons.